The molecule has 0 unspecified atom stereocenters. The number of carbonyl (C=O) groups is 1. The molecule has 1 aromatic heterocycles. The number of amides is 1. The van der Waals surface area contributed by atoms with Gasteiger partial charge >= 0.3 is 0 Å². The summed E-state index contributed by atoms with van der Waals surface area (Å²) in [5.74, 6) is 1.06. The number of hydrogen-bond donors (Lipinski definition) is 1. The molecule has 1 atom stereocenters. The zero-order valence-corrected chi connectivity index (χ0v) is 13.5. The van der Waals surface area contributed by atoms with Gasteiger partial charge in [0.1, 0.15) is 6.10 Å². The zero-order chi connectivity index (χ0) is 15.6. The lowest BCUT2D eigenvalue weighted by atomic mass is 10.0. The second-order valence-electron chi connectivity index (χ2n) is 6.95. The topological polar surface area (TPSA) is 65.4 Å². The number of nitrogens with one attached hydrogen (secondary N) is 1. The van der Waals surface area contributed by atoms with Crippen LogP contribution in [0.3, 0.4) is 0 Å². The average molecular weight is 319 g/mol. The molecule has 1 aromatic rings. The van der Waals surface area contributed by atoms with Gasteiger partial charge in [0.2, 0.25) is 5.91 Å². The molecule has 2 fully saturated rings. The molecule has 2 aliphatic heterocycles. The standard InChI is InChI=1S/C17H25N3O3/c21-17(13-1-2-13)18-9-15-16-14(5-8-23-15)11-20(19-16)10-12-3-6-22-7-4-12/h11-13,15H,1-10H2,(H,18,21)/t15-/m0/s1. The van der Waals surface area contributed by atoms with Gasteiger partial charge < -0.3 is 14.8 Å². The minimum absolute atomic E-state index is 0.0996. The summed E-state index contributed by atoms with van der Waals surface area (Å²) in [6, 6.07) is 0. The first kappa shape index (κ1) is 15.1. The lowest BCUT2D eigenvalue weighted by molar-refractivity contribution is -0.123. The van der Waals surface area contributed by atoms with Crippen LogP contribution in [-0.4, -0.2) is 42.1 Å². The highest BCUT2D eigenvalue weighted by atomic mass is 16.5. The van der Waals surface area contributed by atoms with Gasteiger partial charge in [0.25, 0.3) is 0 Å². The van der Waals surface area contributed by atoms with Crippen molar-refractivity contribution in [2.75, 3.05) is 26.4 Å². The van der Waals surface area contributed by atoms with E-state index in [0.29, 0.717) is 19.1 Å². The minimum atomic E-state index is -0.0996. The molecule has 3 heterocycles. The van der Waals surface area contributed by atoms with Gasteiger partial charge in [0.05, 0.1) is 12.3 Å². The van der Waals surface area contributed by atoms with Crippen LogP contribution in [-0.2, 0) is 27.2 Å². The molecule has 4 rings (SSSR count). The van der Waals surface area contributed by atoms with Crippen molar-refractivity contribution >= 4 is 5.91 Å². The molecule has 6 heteroatoms. The zero-order valence-electron chi connectivity index (χ0n) is 13.5. The second kappa shape index (κ2) is 6.61. The maximum absolute atomic E-state index is 11.8. The Morgan fingerprint density at radius 3 is 2.87 bits per heavy atom. The van der Waals surface area contributed by atoms with E-state index in [2.05, 4.69) is 16.2 Å². The third-order valence-corrected chi connectivity index (χ3v) is 5.06. The molecule has 0 aromatic carbocycles. The Labute approximate surface area is 136 Å². The van der Waals surface area contributed by atoms with E-state index < -0.39 is 0 Å². The van der Waals surface area contributed by atoms with Gasteiger partial charge in [-0.25, -0.2) is 0 Å². The van der Waals surface area contributed by atoms with Crippen LogP contribution in [0, 0.1) is 11.8 Å². The molecule has 1 N–H and O–H groups in total. The van der Waals surface area contributed by atoms with E-state index in [1.165, 1.54) is 5.56 Å². The highest BCUT2D eigenvalue weighted by Gasteiger charge is 2.31. The van der Waals surface area contributed by atoms with Gasteiger partial charge in [0, 0.05) is 38.4 Å². The maximum atomic E-state index is 11.8. The van der Waals surface area contributed by atoms with Gasteiger partial charge in [-0.2, -0.15) is 5.10 Å². The molecule has 1 saturated carbocycles. The Balaban J connectivity index is 1.39. The smallest absolute Gasteiger partial charge is 0.223 e. The van der Waals surface area contributed by atoms with Crippen LogP contribution in [0.2, 0.25) is 0 Å². The van der Waals surface area contributed by atoms with Crippen molar-refractivity contribution in [2.24, 2.45) is 11.8 Å². The molecular formula is C17H25N3O3. The molecule has 1 saturated heterocycles. The predicted molar refractivity (Wildman–Crippen MR) is 83.9 cm³/mol. The summed E-state index contributed by atoms with van der Waals surface area (Å²) in [5, 5.41) is 7.78. The lowest BCUT2D eigenvalue weighted by Crippen LogP contribution is -2.32. The van der Waals surface area contributed by atoms with Crippen LogP contribution < -0.4 is 5.32 Å². The van der Waals surface area contributed by atoms with Crippen LogP contribution in [0.4, 0.5) is 0 Å². The van der Waals surface area contributed by atoms with Crippen LogP contribution in [0.5, 0.6) is 0 Å². The van der Waals surface area contributed by atoms with Gasteiger partial charge in [0.15, 0.2) is 0 Å². The van der Waals surface area contributed by atoms with E-state index in [1.807, 2.05) is 0 Å². The summed E-state index contributed by atoms with van der Waals surface area (Å²) in [4.78, 5) is 11.8. The normalized spacial score (nSPS) is 25.1. The Morgan fingerprint density at radius 2 is 2.09 bits per heavy atom. The van der Waals surface area contributed by atoms with Crippen LogP contribution in [0.25, 0.3) is 0 Å². The number of nitrogens with zero attached hydrogens (tertiary/aromatic N) is 2. The number of hydrogen-bond acceptors (Lipinski definition) is 4. The minimum Gasteiger partial charge on any atom is -0.381 e. The lowest BCUT2D eigenvalue weighted by Gasteiger charge is -2.22. The fourth-order valence-corrected chi connectivity index (χ4v) is 3.46. The van der Waals surface area contributed by atoms with Crippen molar-refractivity contribution in [1.29, 1.82) is 0 Å². The Kier molecular flexibility index (Phi) is 4.35. The highest BCUT2D eigenvalue weighted by molar-refractivity contribution is 5.80. The van der Waals surface area contributed by atoms with Crippen LogP contribution in [0.1, 0.15) is 43.0 Å². The summed E-state index contributed by atoms with van der Waals surface area (Å²) in [5.41, 5.74) is 2.29. The Bertz CT molecular complexity index is 561. The summed E-state index contributed by atoms with van der Waals surface area (Å²) in [6.45, 7) is 3.93. The van der Waals surface area contributed by atoms with Crippen molar-refractivity contribution in [3.63, 3.8) is 0 Å². The van der Waals surface area contributed by atoms with E-state index in [-0.39, 0.29) is 17.9 Å². The molecule has 126 valence electrons. The number of ether oxygens (including phenoxy) is 2. The van der Waals surface area contributed by atoms with Crippen LogP contribution in [0.15, 0.2) is 6.20 Å². The summed E-state index contributed by atoms with van der Waals surface area (Å²) >= 11 is 0. The van der Waals surface area contributed by atoms with E-state index >= 15 is 0 Å². The molecule has 1 amide bonds. The molecule has 6 nitrogen and oxygen atoms in total. The first-order chi connectivity index (χ1) is 11.3. The number of fused-ring (bicyclic) bond motifs is 1. The van der Waals surface area contributed by atoms with Crippen molar-refractivity contribution in [3.05, 3.63) is 17.5 Å². The average Bonchev–Trinajstić information content (AvgIpc) is 3.34. The highest BCUT2D eigenvalue weighted by Crippen LogP contribution is 2.30. The quantitative estimate of drug-likeness (QED) is 0.892. The Hall–Kier alpha value is -1.40. The van der Waals surface area contributed by atoms with Gasteiger partial charge in [-0.1, -0.05) is 0 Å². The fourth-order valence-electron chi connectivity index (χ4n) is 3.46. The number of rotatable bonds is 5. The van der Waals surface area contributed by atoms with Gasteiger partial charge in [-0.3, -0.25) is 9.48 Å². The predicted octanol–water partition coefficient (Wildman–Crippen LogP) is 1.45. The van der Waals surface area contributed by atoms with E-state index in [0.717, 1.165) is 57.6 Å². The van der Waals surface area contributed by atoms with Crippen molar-refractivity contribution in [3.8, 4) is 0 Å². The number of carbonyl (C=O) groups excluding carboxylic acids is 1. The molecular weight excluding hydrogens is 294 g/mol. The summed E-state index contributed by atoms with van der Waals surface area (Å²) in [7, 11) is 0. The first-order valence-corrected chi connectivity index (χ1v) is 8.83. The number of aromatic nitrogens is 2. The van der Waals surface area contributed by atoms with Crippen molar-refractivity contribution < 1.29 is 14.3 Å². The van der Waals surface area contributed by atoms with E-state index in [4.69, 9.17) is 14.6 Å². The first-order valence-electron chi connectivity index (χ1n) is 8.83. The molecule has 1 aliphatic carbocycles. The van der Waals surface area contributed by atoms with Gasteiger partial charge in [-0.05, 0) is 43.6 Å². The third-order valence-electron chi connectivity index (χ3n) is 5.06. The van der Waals surface area contributed by atoms with Crippen LogP contribution >= 0.6 is 0 Å². The summed E-state index contributed by atoms with van der Waals surface area (Å²) < 4.78 is 13.3. The van der Waals surface area contributed by atoms with Crippen molar-refractivity contribution in [2.45, 2.75) is 44.8 Å². The van der Waals surface area contributed by atoms with Gasteiger partial charge in [-0.15, -0.1) is 0 Å². The second-order valence-corrected chi connectivity index (χ2v) is 6.95. The molecule has 0 spiro atoms. The fraction of sp³-hybridized carbons (Fsp3) is 0.765. The molecule has 3 aliphatic rings. The Morgan fingerprint density at radius 1 is 1.26 bits per heavy atom. The third kappa shape index (κ3) is 3.58. The van der Waals surface area contributed by atoms with E-state index in [9.17, 15) is 4.79 Å². The molecule has 23 heavy (non-hydrogen) atoms. The molecule has 0 radical (unpaired) electrons. The largest absolute Gasteiger partial charge is 0.381 e. The monoisotopic (exact) mass is 319 g/mol. The molecule has 0 bridgehead atoms. The van der Waals surface area contributed by atoms with Crippen molar-refractivity contribution in [1.82, 2.24) is 15.1 Å². The summed E-state index contributed by atoms with van der Waals surface area (Å²) in [6.07, 6.45) is 7.27. The maximum Gasteiger partial charge on any atom is 0.223 e. The SMILES string of the molecule is O=C(NC[C@@H]1OCCc2cn(CC3CCOCC3)nc21)C1CC1. The van der Waals surface area contributed by atoms with E-state index in [1.54, 1.807) is 0 Å².